The topological polar surface area (TPSA) is 59.4 Å². The van der Waals surface area contributed by atoms with E-state index < -0.39 is 0 Å². The maximum atomic E-state index is 13.9. The van der Waals surface area contributed by atoms with E-state index in [0.717, 1.165) is 38.4 Å². The minimum absolute atomic E-state index is 0.198. The first-order chi connectivity index (χ1) is 13.7. The van der Waals surface area contributed by atoms with E-state index in [4.69, 9.17) is 4.98 Å². The zero-order valence-corrected chi connectivity index (χ0v) is 15.9. The predicted molar refractivity (Wildman–Crippen MR) is 109 cm³/mol. The van der Waals surface area contributed by atoms with Gasteiger partial charge in [-0.3, -0.25) is 4.68 Å². The van der Waals surface area contributed by atoms with Gasteiger partial charge in [0, 0.05) is 59.5 Å². The second-order valence-corrected chi connectivity index (χ2v) is 7.56. The molecule has 0 fully saturated rings. The molecule has 5 nitrogen and oxygen atoms in total. The summed E-state index contributed by atoms with van der Waals surface area (Å²) in [6, 6.07) is 8.92. The molecule has 4 heterocycles. The number of hydrogen-bond acceptors (Lipinski definition) is 4. The molecule has 0 radical (unpaired) electrons. The van der Waals surface area contributed by atoms with Crippen molar-refractivity contribution in [2.45, 2.75) is 6.42 Å². The number of hydrogen-bond donors (Lipinski definition) is 1. The Morgan fingerprint density at radius 1 is 1.18 bits per heavy atom. The summed E-state index contributed by atoms with van der Waals surface area (Å²) in [5.74, 6) is -0.198. The van der Waals surface area contributed by atoms with Crippen LogP contribution in [0.4, 0.5) is 4.39 Å². The van der Waals surface area contributed by atoms with Crippen LogP contribution in [0.25, 0.3) is 33.4 Å². The molecule has 5 aromatic rings. The minimum atomic E-state index is -0.198. The van der Waals surface area contributed by atoms with Crippen LogP contribution in [0.5, 0.6) is 0 Å². The molecule has 0 spiro atoms. The number of benzene rings is 1. The number of H-pyrrole nitrogens is 1. The van der Waals surface area contributed by atoms with E-state index in [0.29, 0.717) is 12.0 Å². The Bertz CT molecular complexity index is 1280. The van der Waals surface area contributed by atoms with E-state index in [1.54, 1.807) is 16.8 Å². The molecule has 1 aromatic carbocycles. The highest BCUT2D eigenvalue weighted by Crippen LogP contribution is 2.32. The number of aromatic nitrogens is 5. The van der Waals surface area contributed by atoms with Gasteiger partial charge in [-0.05, 0) is 17.7 Å². The summed E-state index contributed by atoms with van der Waals surface area (Å²) in [6.07, 6.45) is 8.03. The van der Waals surface area contributed by atoms with Gasteiger partial charge in [-0.15, -0.1) is 11.3 Å². The summed E-state index contributed by atoms with van der Waals surface area (Å²) in [6.45, 7) is 0. The third kappa shape index (κ3) is 2.99. The Kier molecular flexibility index (Phi) is 4.02. The normalized spacial score (nSPS) is 11.4. The molecule has 0 aliphatic rings. The molecule has 4 aromatic heterocycles. The average molecular weight is 389 g/mol. The van der Waals surface area contributed by atoms with Crippen LogP contribution >= 0.6 is 11.3 Å². The Hall–Kier alpha value is -3.32. The molecule has 5 rings (SSSR count). The molecule has 0 aliphatic carbocycles. The second-order valence-electron chi connectivity index (χ2n) is 6.62. The third-order valence-electron chi connectivity index (χ3n) is 4.70. The highest BCUT2D eigenvalue weighted by atomic mass is 32.1. The third-order valence-corrected chi connectivity index (χ3v) is 5.55. The predicted octanol–water partition coefficient (Wildman–Crippen LogP) is 4.82. The molecule has 0 bridgehead atoms. The lowest BCUT2D eigenvalue weighted by Crippen LogP contribution is -1.91. The lowest BCUT2D eigenvalue weighted by molar-refractivity contribution is 0.614. The van der Waals surface area contributed by atoms with Gasteiger partial charge in [0.25, 0.3) is 0 Å². The van der Waals surface area contributed by atoms with E-state index >= 15 is 0 Å². The Labute approximate surface area is 164 Å². The summed E-state index contributed by atoms with van der Waals surface area (Å²) in [5.41, 5.74) is 5.34. The number of pyridine rings is 1. The monoisotopic (exact) mass is 389 g/mol. The molecule has 0 unspecified atom stereocenters. The largest absolute Gasteiger partial charge is 0.345 e. The smallest absolute Gasteiger partial charge is 0.137 e. The number of nitrogens with zero attached hydrogens (tertiary/aromatic N) is 4. The number of aromatic amines is 1. The van der Waals surface area contributed by atoms with Crippen LogP contribution < -0.4 is 0 Å². The quantitative estimate of drug-likeness (QED) is 0.480. The van der Waals surface area contributed by atoms with Crippen molar-refractivity contribution in [1.82, 2.24) is 24.7 Å². The molecular formula is C21H16FN5S. The van der Waals surface area contributed by atoms with Gasteiger partial charge >= 0.3 is 0 Å². The maximum Gasteiger partial charge on any atom is 0.137 e. The van der Waals surface area contributed by atoms with Crippen molar-refractivity contribution in [3.8, 4) is 22.4 Å². The summed E-state index contributed by atoms with van der Waals surface area (Å²) in [5, 5.41) is 8.13. The average Bonchev–Trinajstić information content (AvgIpc) is 3.42. The zero-order chi connectivity index (χ0) is 19.1. The Morgan fingerprint density at radius 2 is 2.07 bits per heavy atom. The van der Waals surface area contributed by atoms with Crippen LogP contribution in [0, 0.1) is 5.82 Å². The number of nitrogens with one attached hydrogen (secondary N) is 1. The van der Waals surface area contributed by atoms with Gasteiger partial charge in [-0.2, -0.15) is 5.10 Å². The molecule has 7 heteroatoms. The minimum Gasteiger partial charge on any atom is -0.345 e. The van der Waals surface area contributed by atoms with Gasteiger partial charge in [0.1, 0.15) is 11.5 Å². The van der Waals surface area contributed by atoms with E-state index in [-0.39, 0.29) is 5.82 Å². The van der Waals surface area contributed by atoms with Gasteiger partial charge in [-0.1, -0.05) is 18.2 Å². The zero-order valence-electron chi connectivity index (χ0n) is 15.1. The fraction of sp³-hybridized carbons (Fsp3) is 0.0952. The van der Waals surface area contributed by atoms with Crippen molar-refractivity contribution in [3.63, 3.8) is 0 Å². The first kappa shape index (κ1) is 16.8. The molecule has 0 saturated heterocycles. The SMILES string of the molecule is Cn1cc(-c2cnc3[nH]cc(-c4csc(Cc5ccccc5F)n4)c3c2)cn1. The van der Waals surface area contributed by atoms with Crippen molar-refractivity contribution in [2.75, 3.05) is 0 Å². The van der Waals surface area contributed by atoms with Gasteiger partial charge < -0.3 is 4.98 Å². The second kappa shape index (κ2) is 6.69. The lowest BCUT2D eigenvalue weighted by atomic mass is 10.1. The lowest BCUT2D eigenvalue weighted by Gasteiger charge is -2.00. The summed E-state index contributed by atoms with van der Waals surface area (Å²) >= 11 is 1.54. The van der Waals surface area contributed by atoms with Crippen LogP contribution in [-0.4, -0.2) is 24.7 Å². The highest BCUT2D eigenvalue weighted by molar-refractivity contribution is 7.10. The van der Waals surface area contributed by atoms with Gasteiger partial charge in [0.2, 0.25) is 0 Å². The number of halogens is 1. The summed E-state index contributed by atoms with van der Waals surface area (Å²) in [7, 11) is 1.89. The molecule has 28 heavy (non-hydrogen) atoms. The van der Waals surface area contributed by atoms with Crippen molar-refractivity contribution in [2.24, 2.45) is 7.05 Å². The van der Waals surface area contributed by atoms with E-state index in [2.05, 4.69) is 21.1 Å². The van der Waals surface area contributed by atoms with Gasteiger partial charge in [0.15, 0.2) is 0 Å². The van der Waals surface area contributed by atoms with Crippen molar-refractivity contribution < 1.29 is 4.39 Å². The first-order valence-corrected chi connectivity index (χ1v) is 9.69. The summed E-state index contributed by atoms with van der Waals surface area (Å²) < 4.78 is 15.7. The first-order valence-electron chi connectivity index (χ1n) is 8.82. The van der Waals surface area contributed by atoms with Crippen molar-refractivity contribution in [3.05, 3.63) is 76.9 Å². The number of rotatable bonds is 4. The van der Waals surface area contributed by atoms with Gasteiger partial charge in [0.05, 0.1) is 16.9 Å². The molecule has 138 valence electrons. The molecule has 0 atom stereocenters. The van der Waals surface area contributed by atoms with E-state index in [1.165, 1.54) is 17.4 Å². The van der Waals surface area contributed by atoms with Crippen LogP contribution in [0.3, 0.4) is 0 Å². The van der Waals surface area contributed by atoms with Crippen LogP contribution in [0.15, 0.2) is 60.5 Å². The maximum absolute atomic E-state index is 13.9. The fourth-order valence-corrected chi connectivity index (χ4v) is 4.08. The Morgan fingerprint density at radius 3 is 2.89 bits per heavy atom. The van der Waals surface area contributed by atoms with E-state index in [9.17, 15) is 4.39 Å². The number of thiazole rings is 1. The summed E-state index contributed by atoms with van der Waals surface area (Å²) in [4.78, 5) is 12.5. The van der Waals surface area contributed by atoms with Crippen molar-refractivity contribution in [1.29, 1.82) is 0 Å². The van der Waals surface area contributed by atoms with Crippen LogP contribution in [-0.2, 0) is 13.5 Å². The molecule has 1 N–H and O–H groups in total. The van der Waals surface area contributed by atoms with Crippen molar-refractivity contribution >= 4 is 22.4 Å². The van der Waals surface area contributed by atoms with Crippen LogP contribution in [0.2, 0.25) is 0 Å². The van der Waals surface area contributed by atoms with E-state index in [1.807, 2.05) is 43.3 Å². The Balaban J connectivity index is 1.51. The number of aryl methyl sites for hydroxylation is 1. The number of fused-ring (bicyclic) bond motifs is 1. The molecular weight excluding hydrogens is 373 g/mol. The standard InChI is InChI=1S/C21H16FN5S/c1-27-11-15(9-25-27)14-6-16-17(10-24-21(16)23-8-14)19-12-28-20(26-19)7-13-4-2-3-5-18(13)22/h2-6,8-12H,7H2,1H3,(H,23,24). The fourth-order valence-electron chi connectivity index (χ4n) is 3.26. The molecule has 0 saturated carbocycles. The van der Waals surface area contributed by atoms with Crippen LogP contribution in [0.1, 0.15) is 10.6 Å². The molecule has 0 amide bonds. The van der Waals surface area contributed by atoms with Gasteiger partial charge in [-0.25, -0.2) is 14.4 Å². The highest BCUT2D eigenvalue weighted by Gasteiger charge is 2.13. The molecule has 0 aliphatic heterocycles.